The number of nitrogens with zero attached hydrogens (tertiary/aromatic N) is 1. The van der Waals surface area contributed by atoms with Gasteiger partial charge in [-0.15, -0.1) is 0 Å². The SMILES string of the molecule is C=C(/C=C\N=C(/C)C1CCCCCCC1)NC1CCCCCCC1. The number of aliphatic imine (C=N–C) groups is 1. The Morgan fingerprint density at radius 2 is 1.33 bits per heavy atom. The topological polar surface area (TPSA) is 24.4 Å². The minimum Gasteiger partial charge on any atom is -0.383 e. The molecule has 0 aliphatic heterocycles. The van der Waals surface area contributed by atoms with Gasteiger partial charge in [-0.1, -0.05) is 70.8 Å². The second-order valence-electron chi connectivity index (χ2n) is 7.84. The van der Waals surface area contributed by atoms with Crippen LogP contribution in [-0.4, -0.2) is 11.8 Å². The summed E-state index contributed by atoms with van der Waals surface area (Å²) in [5, 5.41) is 3.61. The predicted molar refractivity (Wildman–Crippen MR) is 106 cm³/mol. The van der Waals surface area contributed by atoms with Crippen molar-refractivity contribution in [1.29, 1.82) is 0 Å². The molecule has 0 aromatic rings. The van der Waals surface area contributed by atoms with Gasteiger partial charge in [0.25, 0.3) is 0 Å². The Bertz CT molecular complexity index is 406. The van der Waals surface area contributed by atoms with Gasteiger partial charge in [0, 0.05) is 23.7 Å². The van der Waals surface area contributed by atoms with Crippen molar-refractivity contribution < 1.29 is 0 Å². The van der Waals surface area contributed by atoms with E-state index < -0.39 is 0 Å². The molecule has 2 saturated carbocycles. The van der Waals surface area contributed by atoms with Gasteiger partial charge in [-0.2, -0.15) is 0 Å². The highest BCUT2D eigenvalue weighted by molar-refractivity contribution is 5.84. The molecule has 1 N–H and O–H groups in total. The van der Waals surface area contributed by atoms with Gasteiger partial charge in [0.05, 0.1) is 0 Å². The first-order valence-electron chi connectivity index (χ1n) is 10.4. The van der Waals surface area contributed by atoms with Crippen LogP contribution in [0.15, 0.2) is 29.5 Å². The molecule has 0 amide bonds. The Balaban J connectivity index is 1.76. The van der Waals surface area contributed by atoms with Crippen LogP contribution in [0.25, 0.3) is 0 Å². The molecule has 2 aliphatic rings. The number of allylic oxidation sites excluding steroid dienone is 1. The van der Waals surface area contributed by atoms with E-state index in [1.54, 1.807) is 0 Å². The molecule has 0 unspecified atom stereocenters. The predicted octanol–water partition coefficient (Wildman–Crippen LogP) is 6.54. The van der Waals surface area contributed by atoms with E-state index in [1.807, 2.05) is 6.20 Å². The van der Waals surface area contributed by atoms with Crippen LogP contribution in [0.2, 0.25) is 0 Å². The van der Waals surface area contributed by atoms with Crippen molar-refractivity contribution in [2.75, 3.05) is 0 Å². The molecule has 2 aliphatic carbocycles. The third-order valence-corrected chi connectivity index (χ3v) is 5.74. The molecule has 0 heterocycles. The van der Waals surface area contributed by atoms with Crippen LogP contribution in [-0.2, 0) is 0 Å². The van der Waals surface area contributed by atoms with Gasteiger partial charge >= 0.3 is 0 Å². The highest BCUT2D eigenvalue weighted by atomic mass is 14.9. The standard InChI is InChI=1S/C22H38N2/c1-19(24-22-15-11-7-4-8-12-16-22)17-18-23-20(2)21-13-9-5-3-6-10-14-21/h17-18,21-22,24H,1,3-16H2,2H3/b18-17-,23-20+. The van der Waals surface area contributed by atoms with E-state index in [9.17, 15) is 0 Å². The lowest BCUT2D eigenvalue weighted by molar-refractivity contribution is 0.415. The molecule has 0 aromatic carbocycles. The van der Waals surface area contributed by atoms with Gasteiger partial charge in [0.1, 0.15) is 0 Å². The number of nitrogens with one attached hydrogen (secondary N) is 1. The van der Waals surface area contributed by atoms with Crippen LogP contribution in [0.1, 0.15) is 96.8 Å². The summed E-state index contributed by atoms with van der Waals surface area (Å²) < 4.78 is 0. The van der Waals surface area contributed by atoms with E-state index in [-0.39, 0.29) is 0 Å². The third-order valence-electron chi connectivity index (χ3n) is 5.74. The minimum atomic E-state index is 0.609. The van der Waals surface area contributed by atoms with Gasteiger partial charge < -0.3 is 5.32 Å². The summed E-state index contributed by atoms with van der Waals surface area (Å²) in [5.74, 6) is 0.696. The van der Waals surface area contributed by atoms with Crippen molar-refractivity contribution in [2.24, 2.45) is 10.9 Å². The molecule has 0 saturated heterocycles. The molecule has 2 rings (SSSR count). The van der Waals surface area contributed by atoms with Crippen LogP contribution < -0.4 is 5.32 Å². The first kappa shape index (κ1) is 19.3. The van der Waals surface area contributed by atoms with E-state index in [2.05, 4.69) is 24.9 Å². The van der Waals surface area contributed by atoms with Gasteiger partial charge in [0.2, 0.25) is 0 Å². The quantitative estimate of drug-likeness (QED) is 0.449. The smallest absolute Gasteiger partial charge is 0.0287 e. The Morgan fingerprint density at radius 3 is 1.92 bits per heavy atom. The monoisotopic (exact) mass is 330 g/mol. The van der Waals surface area contributed by atoms with Crippen molar-refractivity contribution >= 4 is 5.71 Å². The molecule has 0 bridgehead atoms. The summed E-state index contributed by atoms with van der Waals surface area (Å²) in [6.45, 7) is 6.38. The maximum Gasteiger partial charge on any atom is 0.0287 e. The van der Waals surface area contributed by atoms with E-state index in [0.29, 0.717) is 12.0 Å². The normalized spacial score (nSPS) is 23.3. The van der Waals surface area contributed by atoms with Crippen LogP contribution in [0.4, 0.5) is 0 Å². The summed E-state index contributed by atoms with van der Waals surface area (Å²) in [4.78, 5) is 4.72. The lowest BCUT2D eigenvalue weighted by atomic mass is 9.88. The Labute approximate surface area is 149 Å². The molecular formula is C22H38N2. The lowest BCUT2D eigenvalue weighted by Crippen LogP contribution is -2.28. The highest BCUT2D eigenvalue weighted by Crippen LogP contribution is 2.23. The van der Waals surface area contributed by atoms with Gasteiger partial charge in [0.15, 0.2) is 0 Å². The molecule has 0 spiro atoms. The first-order valence-corrected chi connectivity index (χ1v) is 10.4. The van der Waals surface area contributed by atoms with Crippen LogP contribution in [0.5, 0.6) is 0 Å². The average molecular weight is 331 g/mol. The summed E-state index contributed by atoms with van der Waals surface area (Å²) in [6, 6.07) is 0.609. The largest absolute Gasteiger partial charge is 0.383 e. The van der Waals surface area contributed by atoms with Crippen molar-refractivity contribution in [3.63, 3.8) is 0 Å². The summed E-state index contributed by atoms with van der Waals surface area (Å²) >= 11 is 0. The summed E-state index contributed by atoms with van der Waals surface area (Å²) in [6.07, 6.45) is 23.1. The fourth-order valence-electron chi connectivity index (χ4n) is 4.13. The fourth-order valence-corrected chi connectivity index (χ4v) is 4.13. The summed E-state index contributed by atoms with van der Waals surface area (Å²) in [7, 11) is 0. The minimum absolute atomic E-state index is 0.609. The van der Waals surface area contributed by atoms with Crippen molar-refractivity contribution in [3.8, 4) is 0 Å². The van der Waals surface area contributed by atoms with E-state index in [1.165, 1.54) is 95.6 Å². The maximum absolute atomic E-state index is 4.72. The Kier molecular flexibility index (Phi) is 9.23. The molecule has 0 radical (unpaired) electrons. The van der Waals surface area contributed by atoms with Crippen LogP contribution >= 0.6 is 0 Å². The zero-order valence-electron chi connectivity index (χ0n) is 15.9. The van der Waals surface area contributed by atoms with Crippen molar-refractivity contribution in [3.05, 3.63) is 24.6 Å². The highest BCUT2D eigenvalue weighted by Gasteiger charge is 2.13. The van der Waals surface area contributed by atoms with E-state index >= 15 is 0 Å². The average Bonchev–Trinajstić information content (AvgIpc) is 2.49. The molecular weight excluding hydrogens is 292 g/mol. The molecule has 136 valence electrons. The molecule has 24 heavy (non-hydrogen) atoms. The number of hydrogen-bond donors (Lipinski definition) is 1. The first-order chi connectivity index (χ1) is 11.8. The number of rotatable bonds is 5. The molecule has 0 atom stereocenters. The number of hydrogen-bond acceptors (Lipinski definition) is 2. The third kappa shape index (κ3) is 7.68. The Morgan fingerprint density at radius 1 is 0.833 bits per heavy atom. The van der Waals surface area contributed by atoms with Crippen molar-refractivity contribution in [1.82, 2.24) is 5.32 Å². The van der Waals surface area contributed by atoms with E-state index in [4.69, 9.17) is 4.99 Å². The molecule has 0 aromatic heterocycles. The van der Waals surface area contributed by atoms with E-state index in [0.717, 1.165) is 5.70 Å². The second kappa shape index (κ2) is 11.5. The van der Waals surface area contributed by atoms with Crippen LogP contribution in [0, 0.1) is 5.92 Å². The van der Waals surface area contributed by atoms with Crippen molar-refractivity contribution in [2.45, 2.75) is 103 Å². The fraction of sp³-hybridized carbons (Fsp3) is 0.773. The molecule has 2 fully saturated rings. The molecule has 2 nitrogen and oxygen atoms in total. The second-order valence-corrected chi connectivity index (χ2v) is 7.84. The zero-order chi connectivity index (χ0) is 17.0. The molecule has 2 heteroatoms. The van der Waals surface area contributed by atoms with Gasteiger partial charge in [-0.05, 0) is 44.6 Å². The maximum atomic E-state index is 4.72. The lowest BCUT2D eigenvalue weighted by Gasteiger charge is -2.22. The zero-order valence-corrected chi connectivity index (χ0v) is 15.9. The Hall–Kier alpha value is -1.05. The van der Waals surface area contributed by atoms with Gasteiger partial charge in [-0.25, -0.2) is 0 Å². The van der Waals surface area contributed by atoms with Gasteiger partial charge in [-0.3, -0.25) is 4.99 Å². The van der Waals surface area contributed by atoms with Crippen LogP contribution in [0.3, 0.4) is 0 Å². The summed E-state index contributed by atoms with van der Waals surface area (Å²) in [5.41, 5.74) is 2.33.